The number of aromatic amines is 1. The lowest BCUT2D eigenvalue weighted by molar-refractivity contribution is 0.0701. The molecule has 2 rings (SSSR count). The molecule has 2 aromatic rings. The molecule has 0 saturated carbocycles. The summed E-state index contributed by atoms with van der Waals surface area (Å²) in [5, 5.41) is 17.7. The van der Waals surface area contributed by atoms with Crippen LogP contribution < -0.4 is 11.2 Å². The van der Waals surface area contributed by atoms with E-state index in [-0.39, 0.29) is 21.6 Å². The highest BCUT2D eigenvalue weighted by atomic mass is 32.1. The van der Waals surface area contributed by atoms with Crippen LogP contribution in [0.2, 0.25) is 0 Å². The van der Waals surface area contributed by atoms with Crippen molar-refractivity contribution in [2.45, 2.75) is 13.5 Å². The normalized spacial score (nSPS) is 10.4. The Morgan fingerprint density at radius 2 is 2.22 bits per heavy atom. The summed E-state index contributed by atoms with van der Waals surface area (Å²) in [6.07, 6.45) is 0. The van der Waals surface area contributed by atoms with E-state index in [0.29, 0.717) is 5.56 Å². The lowest BCUT2D eigenvalue weighted by Crippen LogP contribution is -2.34. The van der Waals surface area contributed by atoms with Crippen LogP contribution in [-0.4, -0.2) is 20.6 Å². The highest BCUT2D eigenvalue weighted by Gasteiger charge is 2.19. The highest BCUT2D eigenvalue weighted by Crippen LogP contribution is 2.25. The van der Waals surface area contributed by atoms with Crippen LogP contribution in [0, 0.1) is 18.3 Å². The van der Waals surface area contributed by atoms with E-state index in [9.17, 15) is 14.4 Å². The molecule has 18 heavy (non-hydrogen) atoms. The number of carboxylic acids is 1. The van der Waals surface area contributed by atoms with Gasteiger partial charge in [0.05, 0.1) is 11.5 Å². The molecule has 0 bridgehead atoms. The molecular weight excluding hydrogens is 258 g/mol. The van der Waals surface area contributed by atoms with Gasteiger partial charge in [-0.3, -0.25) is 9.78 Å². The SMILES string of the molecule is Cc1c(C(=O)O)sc2[nH]c(=O)n(CC#N)c(=O)c12. The molecule has 0 amide bonds. The molecule has 2 N–H and O–H groups in total. The van der Waals surface area contributed by atoms with Gasteiger partial charge >= 0.3 is 11.7 Å². The van der Waals surface area contributed by atoms with Crippen molar-refractivity contribution in [3.05, 3.63) is 31.3 Å². The fourth-order valence-corrected chi connectivity index (χ4v) is 2.70. The zero-order valence-electron chi connectivity index (χ0n) is 9.18. The van der Waals surface area contributed by atoms with Crippen molar-refractivity contribution in [2.75, 3.05) is 0 Å². The molecule has 0 atom stereocenters. The number of fused-ring (bicyclic) bond motifs is 1. The summed E-state index contributed by atoms with van der Waals surface area (Å²) in [6.45, 7) is 1.13. The Balaban J connectivity index is 2.95. The van der Waals surface area contributed by atoms with Gasteiger partial charge in [0, 0.05) is 0 Å². The standard InChI is InChI=1S/C10H7N3O4S/c1-4-5-7(18-6(4)9(15)16)12-10(17)13(3-2-11)8(5)14/h3H2,1H3,(H,12,17)(H,15,16). The molecule has 92 valence electrons. The van der Waals surface area contributed by atoms with Crippen molar-refractivity contribution in [3.63, 3.8) is 0 Å². The zero-order chi connectivity index (χ0) is 13.4. The van der Waals surface area contributed by atoms with Gasteiger partial charge in [-0.2, -0.15) is 5.26 Å². The van der Waals surface area contributed by atoms with Gasteiger partial charge in [0.2, 0.25) is 0 Å². The number of thiophene rings is 1. The summed E-state index contributed by atoms with van der Waals surface area (Å²) in [7, 11) is 0. The van der Waals surface area contributed by atoms with E-state index >= 15 is 0 Å². The minimum absolute atomic E-state index is 0.00691. The van der Waals surface area contributed by atoms with Gasteiger partial charge in [0.25, 0.3) is 5.56 Å². The zero-order valence-corrected chi connectivity index (χ0v) is 10.00. The van der Waals surface area contributed by atoms with E-state index in [1.54, 1.807) is 6.07 Å². The van der Waals surface area contributed by atoms with Crippen molar-refractivity contribution in [3.8, 4) is 6.07 Å². The van der Waals surface area contributed by atoms with Gasteiger partial charge in [-0.25, -0.2) is 14.2 Å². The highest BCUT2D eigenvalue weighted by molar-refractivity contribution is 7.20. The Labute approximate surface area is 104 Å². The Kier molecular flexibility index (Phi) is 2.76. The molecule has 2 aromatic heterocycles. The topological polar surface area (TPSA) is 116 Å². The summed E-state index contributed by atoms with van der Waals surface area (Å²) in [6, 6.07) is 1.71. The van der Waals surface area contributed by atoms with Gasteiger partial charge in [-0.1, -0.05) is 0 Å². The average Bonchev–Trinajstić information content (AvgIpc) is 2.62. The smallest absolute Gasteiger partial charge is 0.346 e. The predicted octanol–water partition coefficient (Wildman–Crippen LogP) is 0.281. The third-order valence-electron chi connectivity index (χ3n) is 2.49. The van der Waals surface area contributed by atoms with Crippen molar-refractivity contribution in [1.82, 2.24) is 9.55 Å². The molecule has 0 saturated heterocycles. The minimum Gasteiger partial charge on any atom is -0.477 e. The first-order valence-corrected chi connectivity index (χ1v) is 5.65. The molecule has 0 aliphatic rings. The van der Waals surface area contributed by atoms with Gasteiger partial charge < -0.3 is 5.11 Å². The van der Waals surface area contributed by atoms with E-state index < -0.39 is 17.2 Å². The fraction of sp³-hybridized carbons (Fsp3) is 0.200. The maximum atomic E-state index is 12.0. The third-order valence-corrected chi connectivity index (χ3v) is 3.69. The summed E-state index contributed by atoms with van der Waals surface area (Å²) in [5.41, 5.74) is -1.06. The van der Waals surface area contributed by atoms with Gasteiger partial charge in [0.15, 0.2) is 0 Å². The minimum atomic E-state index is -1.15. The molecular formula is C10H7N3O4S. The van der Waals surface area contributed by atoms with Crippen LogP contribution in [-0.2, 0) is 6.54 Å². The van der Waals surface area contributed by atoms with Crippen molar-refractivity contribution in [2.24, 2.45) is 0 Å². The monoisotopic (exact) mass is 265 g/mol. The fourth-order valence-electron chi connectivity index (χ4n) is 1.67. The molecule has 2 heterocycles. The number of hydrogen-bond donors (Lipinski definition) is 2. The van der Waals surface area contributed by atoms with Gasteiger partial charge in [-0.15, -0.1) is 11.3 Å². The first kappa shape index (κ1) is 12.1. The number of nitrogens with zero attached hydrogens (tertiary/aromatic N) is 2. The molecule has 0 radical (unpaired) electrons. The lowest BCUT2D eigenvalue weighted by Gasteiger charge is -1.98. The van der Waals surface area contributed by atoms with Crippen LogP contribution in [0.1, 0.15) is 15.2 Å². The van der Waals surface area contributed by atoms with Crippen LogP contribution in [0.4, 0.5) is 0 Å². The first-order chi connectivity index (χ1) is 8.47. The maximum Gasteiger partial charge on any atom is 0.346 e. The molecule has 7 nitrogen and oxygen atoms in total. The van der Waals surface area contributed by atoms with Crippen molar-refractivity contribution in [1.29, 1.82) is 5.26 Å². The number of aromatic carboxylic acids is 1. The number of nitriles is 1. The largest absolute Gasteiger partial charge is 0.477 e. The molecule has 0 aliphatic carbocycles. The maximum absolute atomic E-state index is 12.0. The molecule has 8 heteroatoms. The van der Waals surface area contributed by atoms with Crippen molar-refractivity contribution < 1.29 is 9.90 Å². The molecule has 0 spiro atoms. The first-order valence-electron chi connectivity index (χ1n) is 4.83. The number of H-pyrrole nitrogens is 1. The van der Waals surface area contributed by atoms with Crippen LogP contribution in [0.25, 0.3) is 10.2 Å². The Hall–Kier alpha value is -2.40. The molecule has 0 aromatic carbocycles. The van der Waals surface area contributed by atoms with Crippen LogP contribution in [0.15, 0.2) is 9.59 Å². The van der Waals surface area contributed by atoms with Crippen molar-refractivity contribution >= 4 is 27.5 Å². The van der Waals surface area contributed by atoms with Crippen LogP contribution >= 0.6 is 11.3 Å². The Morgan fingerprint density at radius 1 is 1.56 bits per heavy atom. The molecule has 0 aliphatic heterocycles. The summed E-state index contributed by atoms with van der Waals surface area (Å²) in [5.74, 6) is -1.15. The second-order valence-electron chi connectivity index (χ2n) is 3.55. The number of rotatable bonds is 2. The number of aryl methyl sites for hydroxylation is 1. The van der Waals surface area contributed by atoms with Crippen LogP contribution in [0.3, 0.4) is 0 Å². The summed E-state index contributed by atoms with van der Waals surface area (Å²) >= 11 is 0.836. The Morgan fingerprint density at radius 3 is 2.78 bits per heavy atom. The van der Waals surface area contributed by atoms with E-state index in [0.717, 1.165) is 15.9 Å². The molecule has 0 unspecified atom stereocenters. The number of nitrogens with one attached hydrogen (secondary N) is 1. The summed E-state index contributed by atoms with van der Waals surface area (Å²) < 4.78 is 0.744. The van der Waals surface area contributed by atoms with E-state index in [1.807, 2.05) is 0 Å². The summed E-state index contributed by atoms with van der Waals surface area (Å²) in [4.78, 5) is 37.1. The van der Waals surface area contributed by atoms with E-state index in [4.69, 9.17) is 10.4 Å². The van der Waals surface area contributed by atoms with Gasteiger partial charge in [0.1, 0.15) is 16.3 Å². The number of carboxylic acid groups (broad SMARTS) is 1. The number of carbonyl (C=O) groups is 1. The third kappa shape index (κ3) is 1.61. The second-order valence-corrected chi connectivity index (χ2v) is 4.57. The number of aromatic nitrogens is 2. The number of hydrogen-bond acceptors (Lipinski definition) is 5. The van der Waals surface area contributed by atoms with Gasteiger partial charge in [-0.05, 0) is 12.5 Å². The van der Waals surface area contributed by atoms with E-state index in [2.05, 4.69) is 4.98 Å². The van der Waals surface area contributed by atoms with E-state index in [1.165, 1.54) is 6.92 Å². The van der Waals surface area contributed by atoms with Crippen LogP contribution in [0.5, 0.6) is 0 Å². The predicted molar refractivity (Wildman–Crippen MR) is 64.0 cm³/mol. The lowest BCUT2D eigenvalue weighted by atomic mass is 10.2. The quantitative estimate of drug-likeness (QED) is 0.809. The molecule has 0 fully saturated rings. The Bertz CT molecular complexity index is 805. The average molecular weight is 265 g/mol. The second kappa shape index (κ2) is 4.12.